The number of nitrogens with two attached hydrogens (primary N) is 1. The molecule has 0 spiro atoms. The van der Waals surface area contributed by atoms with Gasteiger partial charge in [0.05, 0.1) is 0 Å². The van der Waals surface area contributed by atoms with Crippen LogP contribution in [0.5, 0.6) is 0 Å². The second kappa shape index (κ2) is 4.08. The van der Waals surface area contributed by atoms with Crippen LogP contribution in [0.15, 0.2) is 27.9 Å². The van der Waals surface area contributed by atoms with Gasteiger partial charge in [-0.3, -0.25) is 4.98 Å². The first-order chi connectivity index (χ1) is 5.33. The molecule has 4 heteroatoms. The van der Waals surface area contributed by atoms with E-state index in [2.05, 4.69) is 26.0 Å². The normalized spacial score (nSPS) is 10.6. The Labute approximate surface area is 73.5 Å². The third-order valence-electron chi connectivity index (χ3n) is 1.18. The van der Waals surface area contributed by atoms with Gasteiger partial charge in [-0.2, -0.15) is 5.10 Å². The maximum Gasteiger partial charge on any atom is 0.0468 e. The zero-order chi connectivity index (χ0) is 8.10. The van der Waals surface area contributed by atoms with E-state index in [-0.39, 0.29) is 0 Å². The summed E-state index contributed by atoms with van der Waals surface area (Å²) in [6.07, 6.45) is 4.04. The van der Waals surface area contributed by atoms with Crippen molar-refractivity contribution in [1.29, 1.82) is 0 Å². The molecule has 0 amide bonds. The molecule has 0 aliphatic heterocycles. The van der Waals surface area contributed by atoms with Crippen LogP contribution in [-0.2, 0) is 6.42 Å². The molecule has 0 bridgehead atoms. The summed E-state index contributed by atoms with van der Waals surface area (Å²) in [6, 6.07) is 3.81. The predicted molar refractivity (Wildman–Crippen MR) is 48.3 cm³/mol. The highest BCUT2D eigenvalue weighted by molar-refractivity contribution is 9.10. The molecule has 1 aromatic heterocycles. The molecule has 1 heterocycles. The Bertz CT molecular complexity index is 260. The van der Waals surface area contributed by atoms with Gasteiger partial charge in [-0.1, -0.05) is 15.9 Å². The fourth-order valence-electron chi connectivity index (χ4n) is 0.707. The van der Waals surface area contributed by atoms with Gasteiger partial charge in [0, 0.05) is 29.0 Å². The number of pyridine rings is 1. The molecule has 0 unspecified atom stereocenters. The van der Waals surface area contributed by atoms with E-state index in [4.69, 9.17) is 5.84 Å². The monoisotopic (exact) mass is 213 g/mol. The molecule has 0 aliphatic carbocycles. The van der Waals surface area contributed by atoms with Crippen molar-refractivity contribution in [3.8, 4) is 0 Å². The fourth-order valence-corrected chi connectivity index (χ4v) is 1.09. The van der Waals surface area contributed by atoms with Crippen LogP contribution in [0, 0.1) is 0 Å². The number of aromatic nitrogens is 1. The Morgan fingerprint density at radius 1 is 1.73 bits per heavy atom. The molecule has 11 heavy (non-hydrogen) atoms. The van der Waals surface area contributed by atoms with Crippen molar-refractivity contribution in [1.82, 2.24) is 4.98 Å². The van der Waals surface area contributed by atoms with Crippen molar-refractivity contribution in [3.63, 3.8) is 0 Å². The van der Waals surface area contributed by atoms with Crippen LogP contribution in [0.1, 0.15) is 5.69 Å². The van der Waals surface area contributed by atoms with Crippen molar-refractivity contribution in [2.45, 2.75) is 6.42 Å². The zero-order valence-corrected chi connectivity index (χ0v) is 7.45. The van der Waals surface area contributed by atoms with Crippen LogP contribution >= 0.6 is 15.9 Å². The highest BCUT2D eigenvalue weighted by atomic mass is 79.9. The van der Waals surface area contributed by atoms with E-state index in [1.165, 1.54) is 0 Å². The molecule has 2 N–H and O–H groups in total. The molecule has 0 aliphatic rings. The third-order valence-corrected chi connectivity index (χ3v) is 1.68. The molecule has 0 atom stereocenters. The van der Waals surface area contributed by atoms with E-state index < -0.39 is 0 Å². The van der Waals surface area contributed by atoms with Gasteiger partial charge < -0.3 is 5.84 Å². The van der Waals surface area contributed by atoms with Crippen LogP contribution in [0.2, 0.25) is 0 Å². The molecule has 0 fully saturated rings. The van der Waals surface area contributed by atoms with E-state index in [1.54, 1.807) is 12.4 Å². The minimum absolute atomic E-state index is 0.677. The lowest BCUT2D eigenvalue weighted by Gasteiger charge is -1.94. The molecule has 1 rings (SSSR count). The van der Waals surface area contributed by atoms with E-state index in [0.29, 0.717) is 6.42 Å². The lowest BCUT2D eigenvalue weighted by Crippen LogP contribution is -1.92. The van der Waals surface area contributed by atoms with Gasteiger partial charge in [-0.05, 0) is 12.1 Å². The number of hydrazone groups is 1. The molecule has 3 nitrogen and oxygen atoms in total. The number of halogens is 1. The van der Waals surface area contributed by atoms with Crippen molar-refractivity contribution in [2.75, 3.05) is 0 Å². The Morgan fingerprint density at radius 3 is 3.18 bits per heavy atom. The van der Waals surface area contributed by atoms with Crippen molar-refractivity contribution >= 4 is 22.1 Å². The van der Waals surface area contributed by atoms with Gasteiger partial charge >= 0.3 is 0 Å². The quantitative estimate of drug-likeness (QED) is 0.458. The third kappa shape index (κ3) is 2.67. The van der Waals surface area contributed by atoms with Gasteiger partial charge in [0.15, 0.2) is 0 Å². The Morgan fingerprint density at radius 2 is 2.55 bits per heavy atom. The van der Waals surface area contributed by atoms with Gasteiger partial charge in [0.25, 0.3) is 0 Å². The van der Waals surface area contributed by atoms with Gasteiger partial charge in [-0.25, -0.2) is 0 Å². The van der Waals surface area contributed by atoms with Gasteiger partial charge in [0.1, 0.15) is 0 Å². The van der Waals surface area contributed by atoms with E-state index >= 15 is 0 Å². The maximum atomic E-state index is 4.94. The lowest BCUT2D eigenvalue weighted by molar-refractivity contribution is 1.13. The summed E-state index contributed by atoms with van der Waals surface area (Å²) >= 11 is 3.34. The number of hydrogen-bond donors (Lipinski definition) is 1. The largest absolute Gasteiger partial charge is 0.324 e. The van der Waals surface area contributed by atoms with Crippen LogP contribution in [-0.4, -0.2) is 11.2 Å². The molecule has 0 saturated carbocycles. The Kier molecular flexibility index (Phi) is 3.04. The molecular weight excluding hydrogens is 206 g/mol. The average molecular weight is 214 g/mol. The van der Waals surface area contributed by atoms with Crippen LogP contribution in [0.3, 0.4) is 0 Å². The van der Waals surface area contributed by atoms with Gasteiger partial charge in [-0.15, -0.1) is 0 Å². The zero-order valence-electron chi connectivity index (χ0n) is 5.87. The Hall–Kier alpha value is -0.900. The lowest BCUT2D eigenvalue weighted by atomic mass is 10.3. The van der Waals surface area contributed by atoms with Crippen molar-refractivity contribution < 1.29 is 0 Å². The van der Waals surface area contributed by atoms with Crippen molar-refractivity contribution in [3.05, 3.63) is 28.5 Å². The minimum Gasteiger partial charge on any atom is -0.324 e. The second-order valence-electron chi connectivity index (χ2n) is 2.00. The smallest absolute Gasteiger partial charge is 0.0468 e. The summed E-state index contributed by atoms with van der Waals surface area (Å²) in [5.41, 5.74) is 0.952. The van der Waals surface area contributed by atoms with E-state index in [9.17, 15) is 0 Å². The topological polar surface area (TPSA) is 51.3 Å². The molecule has 0 saturated heterocycles. The number of rotatable bonds is 2. The molecule has 0 radical (unpaired) electrons. The van der Waals surface area contributed by atoms with Crippen LogP contribution in [0.25, 0.3) is 0 Å². The maximum absolute atomic E-state index is 4.94. The fraction of sp³-hybridized carbons (Fsp3) is 0.143. The summed E-state index contributed by atoms with van der Waals surface area (Å²) in [7, 11) is 0. The van der Waals surface area contributed by atoms with E-state index in [0.717, 1.165) is 10.2 Å². The highest BCUT2D eigenvalue weighted by Gasteiger charge is 1.91. The molecule has 58 valence electrons. The summed E-state index contributed by atoms with van der Waals surface area (Å²) in [6.45, 7) is 0. The molecule has 0 aromatic carbocycles. The van der Waals surface area contributed by atoms with E-state index in [1.807, 2.05) is 12.1 Å². The van der Waals surface area contributed by atoms with Crippen molar-refractivity contribution in [2.24, 2.45) is 10.9 Å². The van der Waals surface area contributed by atoms with Crippen LogP contribution in [0.4, 0.5) is 0 Å². The second-order valence-corrected chi connectivity index (χ2v) is 2.92. The number of nitrogens with zero attached hydrogens (tertiary/aromatic N) is 2. The summed E-state index contributed by atoms with van der Waals surface area (Å²) in [4.78, 5) is 4.10. The SMILES string of the molecule is N/N=C\Cc1cc(Br)ccn1. The first-order valence-electron chi connectivity index (χ1n) is 3.15. The molecular formula is C7H8BrN3. The van der Waals surface area contributed by atoms with Gasteiger partial charge in [0.2, 0.25) is 0 Å². The predicted octanol–water partition coefficient (Wildman–Crippen LogP) is 1.33. The summed E-state index contributed by atoms with van der Waals surface area (Å²) in [5.74, 6) is 4.94. The highest BCUT2D eigenvalue weighted by Crippen LogP contribution is 2.08. The Balaban J connectivity index is 2.71. The summed E-state index contributed by atoms with van der Waals surface area (Å²) in [5, 5.41) is 3.38. The molecule has 1 aromatic rings. The van der Waals surface area contributed by atoms with Crippen LogP contribution < -0.4 is 5.84 Å². The first kappa shape index (κ1) is 8.20. The average Bonchev–Trinajstić information content (AvgIpc) is 2.01. The first-order valence-corrected chi connectivity index (χ1v) is 3.94. The standard InChI is InChI=1S/C7H8BrN3/c8-6-1-3-10-7(5-6)2-4-11-9/h1,3-5H,2,9H2/b11-4-. The number of hydrogen-bond acceptors (Lipinski definition) is 3. The summed E-state index contributed by atoms with van der Waals surface area (Å²) < 4.78 is 1.02. The minimum atomic E-state index is 0.677.